The average Bonchev–Trinajstić information content (AvgIpc) is 0.893. The third-order valence-corrected chi connectivity index (χ3v) is 22.5. The number of benzene rings is 9. The van der Waals surface area contributed by atoms with Crippen molar-refractivity contribution in [1.82, 2.24) is 53.7 Å². The van der Waals surface area contributed by atoms with E-state index >= 15 is 0 Å². The van der Waals surface area contributed by atoms with E-state index in [4.69, 9.17) is 127 Å². The first-order valence-corrected chi connectivity index (χ1v) is 40.5. The largest absolute Gasteiger partial charge is 0.494 e. The fourth-order valence-electron chi connectivity index (χ4n) is 13.3. The molecule has 0 atom stereocenters. The zero-order chi connectivity index (χ0) is 85.2. The number of nitrogens with one attached hydrogen (secondary N) is 1. The molecule has 1 fully saturated rings. The summed E-state index contributed by atoms with van der Waals surface area (Å²) in [4.78, 5) is 63.4. The molecule has 0 bridgehead atoms. The molecule has 10 aromatic heterocycles. The third kappa shape index (κ3) is 18.8. The van der Waals surface area contributed by atoms with Crippen molar-refractivity contribution in [3.63, 3.8) is 0 Å². The molecule has 0 aliphatic carbocycles. The van der Waals surface area contributed by atoms with Gasteiger partial charge < -0.3 is 30.1 Å². The molecule has 19 aromatic rings. The molecule has 0 spiro atoms. The number of aldehydes is 2. The molecule has 20 rings (SSSR count). The lowest BCUT2D eigenvalue weighted by Gasteiger charge is -2.32. The monoisotopic (exact) mass is 1800 g/mol. The zero-order valence-electron chi connectivity index (χ0n) is 64.3. The van der Waals surface area contributed by atoms with Crippen molar-refractivity contribution >= 4 is 234 Å². The Morgan fingerprint density at radius 3 is 1.49 bits per heavy atom. The van der Waals surface area contributed by atoms with Crippen LogP contribution in [0.1, 0.15) is 48.4 Å². The third-order valence-electron chi connectivity index (χ3n) is 19.8. The lowest BCUT2D eigenvalue weighted by Crippen LogP contribution is -2.41. The average molecular weight is 1800 g/mol. The highest BCUT2D eigenvalue weighted by Crippen LogP contribution is 2.40. The van der Waals surface area contributed by atoms with Crippen molar-refractivity contribution in [2.75, 3.05) is 5.73 Å². The van der Waals surface area contributed by atoms with Gasteiger partial charge in [0.25, 0.3) is 0 Å². The van der Waals surface area contributed by atoms with Gasteiger partial charge in [-0.1, -0.05) is 165 Å². The topological polar surface area (TPSA) is 296 Å². The summed E-state index contributed by atoms with van der Waals surface area (Å²) in [6, 6.07) is 77.0. The summed E-state index contributed by atoms with van der Waals surface area (Å²) in [6.07, 6.45) is 9.97. The minimum absolute atomic E-state index is 0.123. The van der Waals surface area contributed by atoms with E-state index in [2.05, 4.69) is 141 Å². The number of nitrogens with zero attached hydrogens (tertiary/aromatic N) is 13. The summed E-state index contributed by atoms with van der Waals surface area (Å²) in [5, 5.41) is 29.1. The molecule has 0 amide bonds. The van der Waals surface area contributed by atoms with E-state index in [1.54, 1.807) is 91.4 Å². The number of carbonyl (C=O) groups excluding carboxylic acids is 2. The Morgan fingerprint density at radius 2 is 0.942 bits per heavy atom. The fraction of sp³-hybridized carbons (Fsp3) is 0.0667. The Balaban J connectivity index is 0.000000120. The number of H-pyrrole nitrogens is 1. The Labute approximate surface area is 735 Å². The van der Waals surface area contributed by atoms with E-state index in [0.29, 0.717) is 79.9 Å². The molecule has 5 N–H and O–H groups in total. The first-order chi connectivity index (χ1) is 58.4. The van der Waals surface area contributed by atoms with E-state index < -0.39 is 14.2 Å². The van der Waals surface area contributed by atoms with Crippen LogP contribution >= 0.6 is 97.1 Å². The molecule has 121 heavy (non-hydrogen) atoms. The predicted octanol–water partition coefficient (Wildman–Crippen LogP) is 23.3. The number of azide groups is 1. The van der Waals surface area contributed by atoms with Crippen LogP contribution in [0.25, 0.3) is 132 Å². The Morgan fingerprint density at radius 1 is 0.479 bits per heavy atom. The van der Waals surface area contributed by atoms with Crippen LogP contribution in [0.4, 0.5) is 11.4 Å². The first-order valence-electron chi connectivity index (χ1n) is 37.1. The summed E-state index contributed by atoms with van der Waals surface area (Å²) in [6.45, 7) is 8.30. The second kappa shape index (κ2) is 37.8. The van der Waals surface area contributed by atoms with Crippen LogP contribution in [0, 0.1) is 0 Å². The number of nitrogens with two attached hydrogens (primary N) is 1. The maximum atomic E-state index is 10.9. The number of hydrogen-bond donors (Lipinski definition) is 4. The lowest BCUT2D eigenvalue weighted by molar-refractivity contribution is 0.00578. The number of fused-ring (bicyclic) bond motifs is 17. The second-order valence-electron chi connectivity index (χ2n) is 27.9. The van der Waals surface area contributed by atoms with E-state index in [9.17, 15) is 9.59 Å². The van der Waals surface area contributed by atoms with E-state index in [-0.39, 0.29) is 22.2 Å². The van der Waals surface area contributed by atoms with Gasteiger partial charge in [-0.25, -0.2) is 19.9 Å². The van der Waals surface area contributed by atoms with E-state index in [1.807, 2.05) is 122 Å². The number of halogens is 8. The molecule has 1 aliphatic heterocycles. The predicted molar refractivity (Wildman–Crippen MR) is 495 cm³/mol. The van der Waals surface area contributed by atoms with Crippen molar-refractivity contribution in [1.29, 1.82) is 0 Å². The number of rotatable bonds is 8. The molecule has 598 valence electrons. The van der Waals surface area contributed by atoms with Crippen molar-refractivity contribution in [2.45, 2.75) is 38.9 Å². The van der Waals surface area contributed by atoms with Crippen LogP contribution in [0.3, 0.4) is 0 Å². The molecule has 0 unspecified atom stereocenters. The van der Waals surface area contributed by atoms with Crippen molar-refractivity contribution in [2.24, 2.45) is 5.11 Å². The highest BCUT2D eigenvalue weighted by Gasteiger charge is 2.52. The zero-order valence-corrected chi connectivity index (χ0v) is 71.2. The SMILES string of the molecule is CC1(C)OB(c2ccc3c(c2)c2ncccc2n2c4ccccc4nc32)OC1(C)C.Clc1ccc(-c2nc3ccccc3[nH]2)c(-c2ncccc2Cl)c1.Clc1ccc2c(c1)c1ncccc1n1c3ccccc3nc21.Clc1cccnc1Br.O=Cc1ccc(Cl)cc1-c1ncccc1Cl.O=Cc1ccc(Cl)cc1B(O)O.[N-]=[N+]=Nc1ccccc1N. The quantitative estimate of drug-likeness (QED) is 0.0161. The summed E-state index contributed by atoms with van der Waals surface area (Å²) < 4.78 is 17.6. The van der Waals surface area contributed by atoms with Crippen LogP contribution in [-0.2, 0) is 9.31 Å². The number of hydrogen-bond acceptors (Lipinski definition) is 16. The Kier molecular flexibility index (Phi) is 26.7. The van der Waals surface area contributed by atoms with Gasteiger partial charge in [0.1, 0.15) is 28.0 Å². The van der Waals surface area contributed by atoms with Gasteiger partial charge in [0.15, 0.2) is 6.29 Å². The summed E-state index contributed by atoms with van der Waals surface area (Å²) >= 11 is 44.9. The van der Waals surface area contributed by atoms with Crippen LogP contribution in [0.2, 0.25) is 35.2 Å². The van der Waals surface area contributed by atoms with Crippen LogP contribution in [-0.4, -0.2) is 102 Å². The van der Waals surface area contributed by atoms with Gasteiger partial charge in [-0.05, 0) is 230 Å². The number of anilines is 1. The maximum absolute atomic E-state index is 10.9. The Hall–Kier alpha value is -11.9. The van der Waals surface area contributed by atoms with Gasteiger partial charge >= 0.3 is 14.2 Å². The molecule has 0 radical (unpaired) electrons. The smallest absolute Gasteiger partial charge is 0.423 e. The standard InChI is InChI=1S/C24H22BN3O2.C18H11Cl2N3.C18H10ClN3.C12H7Cl2NO.C7H6BClO3.C6H6N4.C5H3BrClN/c1-23(2)24(3,4)30-25(29-23)15-11-12-16-17(14-15)21-20(10-7-13-26-21)28-19-9-6-5-8-18(19)27-22(16)28;19-11-7-8-12(13(10-11)17-14(20)4-3-9-21-17)18-22-15-5-1-2-6-16(15)23-18;19-11-7-8-12-13(10-11)17-16(6-3-9-20-17)22-15-5-2-1-4-14(15)21-18(12)22;13-9-4-3-8(7-16)10(6-9)12-11(14)2-1-5-15-12;9-6-2-1-5(4-10)7(3-6)8(11)12;7-5-3-1-2-4-6(5)9-10-8;6-5-4(7)2-1-3-8-5/h5-14H,1-4H3;1-10H,(H,22,23);1-10H;1-7H;1-4,11-12H;1-4H,7H2;1-3H. The minimum atomic E-state index is -1.66. The van der Waals surface area contributed by atoms with Gasteiger partial charge in [0.2, 0.25) is 0 Å². The number of aromatic nitrogens is 11. The second-order valence-corrected chi connectivity index (χ2v) is 31.7. The molecule has 1 saturated heterocycles. The molecule has 1 aliphatic rings. The first kappa shape index (κ1) is 85.5. The van der Waals surface area contributed by atoms with Crippen LogP contribution in [0.15, 0.2) is 289 Å². The normalized spacial score (nSPS) is 12.4. The summed E-state index contributed by atoms with van der Waals surface area (Å²) in [5.74, 6) is 0.764. The summed E-state index contributed by atoms with van der Waals surface area (Å²) in [5.41, 5.74) is 31.1. The van der Waals surface area contributed by atoms with Gasteiger partial charge in [0.05, 0.1) is 98.5 Å². The number of imidazole rings is 3. The van der Waals surface area contributed by atoms with E-state index in [1.165, 1.54) is 18.2 Å². The number of para-hydroxylation sites is 7. The van der Waals surface area contributed by atoms with Gasteiger partial charge in [-0.3, -0.25) is 38.3 Å². The molecule has 0 saturated carbocycles. The molecular weight excluding hydrogens is 1740 g/mol. The van der Waals surface area contributed by atoms with Gasteiger partial charge in [-0.2, -0.15) is 0 Å². The maximum Gasteiger partial charge on any atom is 0.494 e. The number of nitrogen functional groups attached to an aromatic ring is 1. The van der Waals surface area contributed by atoms with Crippen molar-refractivity contribution in [3.8, 4) is 33.9 Å². The highest BCUT2D eigenvalue weighted by molar-refractivity contribution is 9.10. The molecule has 31 heteroatoms. The molecule has 21 nitrogen and oxygen atoms in total. The number of pyridine rings is 7. The molecule has 9 aromatic carbocycles. The lowest BCUT2D eigenvalue weighted by atomic mass is 9.77. The molecule has 11 heterocycles. The van der Waals surface area contributed by atoms with Crippen LogP contribution in [0.5, 0.6) is 0 Å². The Bertz CT molecular complexity index is 7110. The minimum Gasteiger partial charge on any atom is -0.423 e. The fourth-order valence-corrected chi connectivity index (χ4v) is 14.8. The number of carbonyl (C=O) groups is 2. The number of aromatic amines is 1. The van der Waals surface area contributed by atoms with Crippen molar-refractivity contribution < 1.29 is 28.9 Å². The summed E-state index contributed by atoms with van der Waals surface area (Å²) in [7, 11) is -2.07. The van der Waals surface area contributed by atoms with Gasteiger partial charge in [0, 0.05) is 111 Å². The van der Waals surface area contributed by atoms with E-state index in [0.717, 1.165) is 117 Å². The van der Waals surface area contributed by atoms with Crippen LogP contribution < -0.4 is 16.7 Å². The van der Waals surface area contributed by atoms with Gasteiger partial charge in [-0.15, -0.1) is 0 Å². The highest BCUT2D eigenvalue weighted by atomic mass is 79.9. The molecular formula is C90H65B2BrCl7N15O6. The van der Waals surface area contributed by atoms with Crippen molar-refractivity contribution in [3.05, 3.63) is 341 Å².